The van der Waals surface area contributed by atoms with E-state index in [0.29, 0.717) is 25.4 Å². The molecule has 0 saturated carbocycles. The van der Waals surface area contributed by atoms with Crippen molar-refractivity contribution >= 4 is 29.1 Å². The fourth-order valence-electron chi connectivity index (χ4n) is 3.97. The van der Waals surface area contributed by atoms with Crippen LogP contribution in [-0.2, 0) is 4.79 Å². The third-order valence-electron chi connectivity index (χ3n) is 5.70. The predicted molar refractivity (Wildman–Crippen MR) is 110 cm³/mol. The first-order valence-corrected chi connectivity index (χ1v) is 10.4. The van der Waals surface area contributed by atoms with Crippen molar-refractivity contribution in [3.8, 4) is 0 Å². The molecule has 8 heteroatoms. The topological polar surface area (TPSA) is 61.4 Å². The highest BCUT2D eigenvalue weighted by Gasteiger charge is 2.29. The lowest BCUT2D eigenvalue weighted by molar-refractivity contribution is -0.896. The van der Waals surface area contributed by atoms with E-state index in [1.54, 1.807) is 17.0 Å². The average molecular weight is 418 g/mol. The molecule has 0 radical (unpaired) electrons. The Bertz CT molecular complexity index is 841. The molecule has 2 aromatic rings. The number of nitrogens with one attached hydrogen (secondary N) is 1. The van der Waals surface area contributed by atoms with Gasteiger partial charge < -0.3 is 24.0 Å². The van der Waals surface area contributed by atoms with Gasteiger partial charge in [0, 0.05) is 36.9 Å². The zero-order valence-corrected chi connectivity index (χ0v) is 17.1. The summed E-state index contributed by atoms with van der Waals surface area (Å²) in [5.41, 5.74) is 1.10. The van der Waals surface area contributed by atoms with E-state index in [0.717, 1.165) is 50.0 Å². The van der Waals surface area contributed by atoms with E-state index in [-0.39, 0.29) is 11.8 Å². The van der Waals surface area contributed by atoms with Crippen LogP contribution in [0.15, 0.2) is 47.1 Å². The third-order valence-corrected chi connectivity index (χ3v) is 5.93. The van der Waals surface area contributed by atoms with Gasteiger partial charge in [-0.1, -0.05) is 17.7 Å². The Hall–Kier alpha value is -2.51. The maximum absolute atomic E-state index is 12.7. The van der Waals surface area contributed by atoms with Crippen molar-refractivity contribution in [2.24, 2.45) is 0 Å². The fourth-order valence-corrected chi connectivity index (χ4v) is 4.16. The number of carbonyl (C=O) groups is 2. The summed E-state index contributed by atoms with van der Waals surface area (Å²) in [5.74, 6) is 0.496. The van der Waals surface area contributed by atoms with Gasteiger partial charge in [-0.2, -0.15) is 0 Å². The van der Waals surface area contributed by atoms with Crippen LogP contribution >= 0.6 is 11.6 Å². The van der Waals surface area contributed by atoms with Gasteiger partial charge in [0.25, 0.3) is 11.8 Å². The lowest BCUT2D eigenvalue weighted by Crippen LogP contribution is -3.15. The molecule has 154 valence electrons. The molecule has 7 nitrogen and oxygen atoms in total. The highest BCUT2D eigenvalue weighted by molar-refractivity contribution is 6.30. The predicted octanol–water partition coefficient (Wildman–Crippen LogP) is 0.623. The van der Waals surface area contributed by atoms with Crippen molar-refractivity contribution in [1.82, 2.24) is 9.80 Å². The van der Waals surface area contributed by atoms with Crippen LogP contribution in [0.4, 0.5) is 5.69 Å². The molecule has 3 heterocycles. The Kier molecular flexibility index (Phi) is 6.06. The molecule has 2 fully saturated rings. The summed E-state index contributed by atoms with van der Waals surface area (Å²) in [4.78, 5) is 32.3. The van der Waals surface area contributed by atoms with Crippen molar-refractivity contribution in [1.29, 1.82) is 0 Å². The van der Waals surface area contributed by atoms with Crippen LogP contribution in [0.25, 0.3) is 0 Å². The molecule has 0 unspecified atom stereocenters. The first-order chi connectivity index (χ1) is 14.1. The molecule has 29 heavy (non-hydrogen) atoms. The summed E-state index contributed by atoms with van der Waals surface area (Å²) in [6, 6.07) is 11.3. The minimum Gasteiger partial charge on any atom is -0.459 e. The van der Waals surface area contributed by atoms with E-state index in [1.807, 2.05) is 23.1 Å². The van der Waals surface area contributed by atoms with Crippen molar-refractivity contribution in [2.75, 3.05) is 63.8 Å². The van der Waals surface area contributed by atoms with Crippen LogP contribution < -0.4 is 9.80 Å². The molecule has 1 N–H and O–H groups in total. The van der Waals surface area contributed by atoms with Crippen LogP contribution in [0.3, 0.4) is 0 Å². The van der Waals surface area contributed by atoms with E-state index >= 15 is 0 Å². The van der Waals surface area contributed by atoms with Crippen molar-refractivity contribution in [3.63, 3.8) is 0 Å². The summed E-state index contributed by atoms with van der Waals surface area (Å²) in [7, 11) is 0. The lowest BCUT2D eigenvalue weighted by Gasteiger charge is -2.37. The van der Waals surface area contributed by atoms with E-state index in [2.05, 4.69) is 11.0 Å². The second-order valence-corrected chi connectivity index (χ2v) is 7.98. The Morgan fingerprint density at radius 2 is 1.72 bits per heavy atom. The number of amides is 2. The van der Waals surface area contributed by atoms with E-state index < -0.39 is 0 Å². The number of piperazine rings is 2. The molecule has 2 aliphatic heterocycles. The molecule has 4 rings (SSSR count). The highest BCUT2D eigenvalue weighted by Crippen LogP contribution is 2.20. The largest absolute Gasteiger partial charge is 0.459 e. The highest BCUT2D eigenvalue weighted by atomic mass is 35.5. The number of halogens is 1. The number of hydrogen-bond acceptors (Lipinski definition) is 4. The second-order valence-electron chi connectivity index (χ2n) is 7.54. The first kappa shape index (κ1) is 19.8. The minimum absolute atomic E-state index is 0.0717. The third kappa shape index (κ3) is 4.74. The molecule has 2 aliphatic rings. The molecular formula is C21H26ClN4O3+. The molecule has 2 amide bonds. The normalized spacial score (nSPS) is 18.2. The SMILES string of the molecule is O=C(C[NH+]1CCN(C(=O)c2ccco2)CC1)N1CCN(c2cccc(Cl)c2)CC1. The van der Waals surface area contributed by atoms with E-state index in [1.165, 1.54) is 11.2 Å². The van der Waals surface area contributed by atoms with Crippen LogP contribution in [0.1, 0.15) is 10.6 Å². The number of furan rings is 1. The summed E-state index contributed by atoms with van der Waals surface area (Å²) in [6.45, 7) is 6.40. The van der Waals surface area contributed by atoms with Gasteiger partial charge in [0.05, 0.1) is 32.4 Å². The number of anilines is 1. The van der Waals surface area contributed by atoms with Gasteiger partial charge in [0.1, 0.15) is 0 Å². The van der Waals surface area contributed by atoms with Gasteiger partial charge in [0.2, 0.25) is 0 Å². The van der Waals surface area contributed by atoms with Crippen LogP contribution in [0.5, 0.6) is 0 Å². The number of carbonyl (C=O) groups excluding carboxylic acids is 2. The maximum atomic E-state index is 12.7. The summed E-state index contributed by atoms with van der Waals surface area (Å²) >= 11 is 6.09. The van der Waals surface area contributed by atoms with Crippen molar-refractivity contribution in [3.05, 3.63) is 53.4 Å². The lowest BCUT2D eigenvalue weighted by atomic mass is 10.2. The van der Waals surface area contributed by atoms with Gasteiger partial charge in [-0.15, -0.1) is 0 Å². The number of rotatable bonds is 4. The van der Waals surface area contributed by atoms with E-state index in [4.69, 9.17) is 16.0 Å². The van der Waals surface area contributed by atoms with Gasteiger partial charge in [-0.25, -0.2) is 0 Å². The number of benzene rings is 1. The molecular weight excluding hydrogens is 392 g/mol. The standard InChI is InChI=1S/C21H25ClN4O3/c22-17-3-1-4-18(15-17)24-10-12-25(13-11-24)20(27)16-23-6-8-26(9-7-23)21(28)19-5-2-14-29-19/h1-5,14-15H,6-13,16H2/p+1. The van der Waals surface area contributed by atoms with Crippen LogP contribution in [0, 0.1) is 0 Å². The summed E-state index contributed by atoms with van der Waals surface area (Å²) < 4.78 is 5.20. The first-order valence-electron chi connectivity index (χ1n) is 10.0. The van der Waals surface area contributed by atoms with Gasteiger partial charge in [-0.05, 0) is 30.3 Å². The molecule has 0 spiro atoms. The van der Waals surface area contributed by atoms with Crippen molar-refractivity contribution < 1.29 is 18.9 Å². The second kappa shape index (κ2) is 8.88. The average Bonchev–Trinajstić information content (AvgIpc) is 3.29. The smallest absolute Gasteiger partial charge is 0.289 e. The number of quaternary nitrogens is 1. The zero-order chi connectivity index (χ0) is 20.2. The van der Waals surface area contributed by atoms with Gasteiger partial charge >= 0.3 is 0 Å². The zero-order valence-electron chi connectivity index (χ0n) is 16.3. The number of hydrogen-bond donors (Lipinski definition) is 1. The van der Waals surface area contributed by atoms with Crippen molar-refractivity contribution in [2.45, 2.75) is 0 Å². The monoisotopic (exact) mass is 417 g/mol. The molecule has 2 saturated heterocycles. The fraction of sp³-hybridized carbons (Fsp3) is 0.429. The summed E-state index contributed by atoms with van der Waals surface area (Å²) in [6.07, 6.45) is 1.51. The maximum Gasteiger partial charge on any atom is 0.289 e. The molecule has 1 aromatic carbocycles. The molecule has 0 atom stereocenters. The summed E-state index contributed by atoms with van der Waals surface area (Å²) in [5, 5.41) is 0.731. The molecule has 1 aromatic heterocycles. The quantitative estimate of drug-likeness (QED) is 0.792. The van der Waals surface area contributed by atoms with Crippen LogP contribution in [-0.4, -0.2) is 80.5 Å². The van der Waals surface area contributed by atoms with Gasteiger partial charge in [0.15, 0.2) is 12.3 Å². The Morgan fingerprint density at radius 1 is 0.966 bits per heavy atom. The Labute approximate surface area is 175 Å². The number of nitrogens with zero attached hydrogens (tertiary/aromatic N) is 3. The Morgan fingerprint density at radius 3 is 2.38 bits per heavy atom. The Balaban J connectivity index is 1.22. The molecule has 0 bridgehead atoms. The van der Waals surface area contributed by atoms with Crippen LogP contribution in [0.2, 0.25) is 5.02 Å². The van der Waals surface area contributed by atoms with E-state index in [9.17, 15) is 9.59 Å². The molecule has 0 aliphatic carbocycles. The minimum atomic E-state index is -0.0717. The van der Waals surface area contributed by atoms with Gasteiger partial charge in [-0.3, -0.25) is 9.59 Å².